The molecule has 4 heteroatoms. The summed E-state index contributed by atoms with van der Waals surface area (Å²) in [5.74, 6) is 0.847. The van der Waals surface area contributed by atoms with Crippen molar-refractivity contribution >= 4 is 21.8 Å². The van der Waals surface area contributed by atoms with E-state index in [-0.39, 0.29) is 11.9 Å². The minimum Gasteiger partial charge on any atom is -0.497 e. The number of carbonyl (C=O) groups is 1. The predicted octanol–water partition coefficient (Wildman–Crippen LogP) is 4.27. The van der Waals surface area contributed by atoms with Crippen LogP contribution < -0.4 is 10.1 Å². The second-order valence-corrected chi connectivity index (χ2v) is 6.02. The highest BCUT2D eigenvalue weighted by atomic mass is 79.9. The normalized spacial score (nSPS) is 11.8. The predicted molar refractivity (Wildman–Crippen MR) is 92.0 cm³/mol. The fourth-order valence-electron chi connectivity index (χ4n) is 2.33. The van der Waals surface area contributed by atoms with Gasteiger partial charge < -0.3 is 10.1 Å². The smallest absolute Gasteiger partial charge is 0.224 e. The van der Waals surface area contributed by atoms with E-state index in [1.165, 1.54) is 0 Å². The lowest BCUT2D eigenvalue weighted by Crippen LogP contribution is -2.29. The lowest BCUT2D eigenvalue weighted by atomic mass is 10.0. The highest BCUT2D eigenvalue weighted by Gasteiger charge is 2.13. The van der Waals surface area contributed by atoms with Gasteiger partial charge in [-0.25, -0.2) is 0 Å². The third kappa shape index (κ3) is 4.60. The van der Waals surface area contributed by atoms with Crippen LogP contribution in [-0.2, 0) is 11.2 Å². The Morgan fingerprint density at radius 3 is 2.55 bits per heavy atom. The van der Waals surface area contributed by atoms with Gasteiger partial charge in [0.15, 0.2) is 0 Å². The van der Waals surface area contributed by atoms with E-state index in [0.29, 0.717) is 6.42 Å². The summed E-state index contributed by atoms with van der Waals surface area (Å²) in [7, 11) is 1.64. The number of carbonyl (C=O) groups excluding carboxylic acids is 1. The zero-order valence-electron chi connectivity index (χ0n) is 12.8. The van der Waals surface area contributed by atoms with E-state index in [0.717, 1.165) is 27.8 Å². The zero-order valence-corrected chi connectivity index (χ0v) is 14.4. The van der Waals surface area contributed by atoms with Gasteiger partial charge in [-0.2, -0.15) is 0 Å². The fourth-order valence-corrected chi connectivity index (χ4v) is 2.78. The molecule has 2 aromatic rings. The molecule has 22 heavy (non-hydrogen) atoms. The maximum Gasteiger partial charge on any atom is 0.224 e. The average Bonchev–Trinajstić information content (AvgIpc) is 2.53. The Hall–Kier alpha value is -1.81. The lowest BCUT2D eigenvalue weighted by Gasteiger charge is -2.18. The van der Waals surface area contributed by atoms with Crippen molar-refractivity contribution in [3.8, 4) is 5.75 Å². The van der Waals surface area contributed by atoms with E-state index in [4.69, 9.17) is 4.74 Å². The van der Waals surface area contributed by atoms with Gasteiger partial charge in [-0.05, 0) is 41.8 Å². The summed E-state index contributed by atoms with van der Waals surface area (Å²) in [6.45, 7) is 2.06. The Morgan fingerprint density at radius 2 is 1.95 bits per heavy atom. The minimum absolute atomic E-state index is 0.0190. The first-order valence-electron chi connectivity index (χ1n) is 7.30. The SMILES string of the molecule is CCC(NC(=O)Cc1cccc(Br)c1)c1ccc(OC)cc1. The number of hydrogen-bond acceptors (Lipinski definition) is 2. The van der Waals surface area contributed by atoms with Crippen molar-refractivity contribution in [3.05, 3.63) is 64.1 Å². The number of methoxy groups -OCH3 is 1. The molecule has 2 rings (SSSR count). The van der Waals surface area contributed by atoms with Crippen molar-refractivity contribution in [2.24, 2.45) is 0 Å². The number of halogens is 1. The van der Waals surface area contributed by atoms with Gasteiger partial charge in [0, 0.05) is 4.47 Å². The summed E-state index contributed by atoms with van der Waals surface area (Å²) in [4.78, 5) is 12.2. The molecule has 0 fully saturated rings. The Labute approximate surface area is 139 Å². The van der Waals surface area contributed by atoms with Crippen molar-refractivity contribution in [3.63, 3.8) is 0 Å². The Morgan fingerprint density at radius 1 is 1.23 bits per heavy atom. The number of hydrogen-bond donors (Lipinski definition) is 1. The van der Waals surface area contributed by atoms with Gasteiger partial charge in [0.25, 0.3) is 0 Å². The van der Waals surface area contributed by atoms with E-state index >= 15 is 0 Å². The number of benzene rings is 2. The summed E-state index contributed by atoms with van der Waals surface area (Å²) < 4.78 is 6.15. The van der Waals surface area contributed by atoms with E-state index < -0.39 is 0 Å². The molecule has 0 aliphatic rings. The van der Waals surface area contributed by atoms with E-state index in [1.54, 1.807) is 7.11 Å². The molecule has 3 nitrogen and oxygen atoms in total. The summed E-state index contributed by atoms with van der Waals surface area (Å²) in [6.07, 6.45) is 1.22. The fraction of sp³-hybridized carbons (Fsp3) is 0.278. The second-order valence-electron chi connectivity index (χ2n) is 5.11. The van der Waals surface area contributed by atoms with Crippen LogP contribution in [0.5, 0.6) is 5.75 Å². The molecule has 0 bridgehead atoms. The molecule has 0 saturated heterocycles. The van der Waals surface area contributed by atoms with Gasteiger partial charge in [0.2, 0.25) is 5.91 Å². The largest absolute Gasteiger partial charge is 0.497 e. The molecular weight excluding hydrogens is 342 g/mol. The summed E-state index contributed by atoms with van der Waals surface area (Å²) in [6, 6.07) is 15.6. The van der Waals surface area contributed by atoms with Gasteiger partial charge in [-0.3, -0.25) is 4.79 Å². The quantitative estimate of drug-likeness (QED) is 0.834. The van der Waals surface area contributed by atoms with Crippen molar-refractivity contribution in [1.82, 2.24) is 5.32 Å². The van der Waals surface area contributed by atoms with Crippen molar-refractivity contribution in [1.29, 1.82) is 0 Å². The lowest BCUT2D eigenvalue weighted by molar-refractivity contribution is -0.121. The third-order valence-corrected chi connectivity index (χ3v) is 4.01. The number of amides is 1. The monoisotopic (exact) mass is 361 g/mol. The van der Waals surface area contributed by atoms with Crippen LogP contribution >= 0.6 is 15.9 Å². The number of ether oxygens (including phenoxy) is 1. The molecule has 0 aromatic heterocycles. The molecule has 0 aliphatic heterocycles. The molecule has 0 spiro atoms. The first-order chi connectivity index (χ1) is 10.6. The second kappa shape index (κ2) is 7.99. The van der Waals surface area contributed by atoms with Gasteiger partial charge >= 0.3 is 0 Å². The van der Waals surface area contributed by atoms with Crippen molar-refractivity contribution in [2.75, 3.05) is 7.11 Å². The van der Waals surface area contributed by atoms with Gasteiger partial charge in [-0.1, -0.05) is 47.1 Å². The number of nitrogens with one attached hydrogen (secondary N) is 1. The van der Waals surface area contributed by atoms with Crippen LogP contribution in [0.15, 0.2) is 53.0 Å². The topological polar surface area (TPSA) is 38.3 Å². The van der Waals surface area contributed by atoms with Crippen LogP contribution in [0.1, 0.15) is 30.5 Å². The van der Waals surface area contributed by atoms with Crippen LogP contribution in [0, 0.1) is 0 Å². The third-order valence-electron chi connectivity index (χ3n) is 3.52. The molecule has 2 aromatic carbocycles. The molecule has 0 saturated carbocycles. The zero-order chi connectivity index (χ0) is 15.9. The maximum atomic E-state index is 12.2. The van der Waals surface area contributed by atoms with Crippen molar-refractivity contribution in [2.45, 2.75) is 25.8 Å². The Kier molecular flexibility index (Phi) is 6.01. The Balaban J connectivity index is 2.01. The van der Waals surface area contributed by atoms with Gasteiger partial charge in [-0.15, -0.1) is 0 Å². The van der Waals surface area contributed by atoms with Crippen molar-refractivity contribution < 1.29 is 9.53 Å². The molecular formula is C18H20BrNO2. The Bertz CT molecular complexity index is 625. The highest BCUT2D eigenvalue weighted by molar-refractivity contribution is 9.10. The average molecular weight is 362 g/mol. The standard InChI is InChI=1S/C18H20BrNO2/c1-3-17(14-7-9-16(22-2)10-8-14)20-18(21)12-13-5-4-6-15(19)11-13/h4-11,17H,3,12H2,1-2H3,(H,20,21). The van der Waals surface area contributed by atoms with E-state index in [1.807, 2.05) is 48.5 Å². The van der Waals surface area contributed by atoms with Gasteiger partial charge in [0.05, 0.1) is 19.6 Å². The van der Waals surface area contributed by atoms with Gasteiger partial charge in [0.1, 0.15) is 5.75 Å². The summed E-state index contributed by atoms with van der Waals surface area (Å²) >= 11 is 3.42. The first kappa shape index (κ1) is 16.6. The maximum absolute atomic E-state index is 12.2. The number of rotatable bonds is 6. The molecule has 1 atom stereocenters. The molecule has 1 amide bonds. The minimum atomic E-state index is 0.0190. The molecule has 0 aliphatic carbocycles. The molecule has 1 N–H and O–H groups in total. The summed E-state index contributed by atoms with van der Waals surface area (Å²) in [5, 5.41) is 3.09. The molecule has 116 valence electrons. The summed E-state index contributed by atoms with van der Waals surface area (Å²) in [5.41, 5.74) is 2.09. The van der Waals surface area contributed by atoms with Crippen LogP contribution in [0.2, 0.25) is 0 Å². The first-order valence-corrected chi connectivity index (χ1v) is 8.09. The molecule has 0 radical (unpaired) electrons. The molecule has 1 unspecified atom stereocenters. The van der Waals surface area contributed by atoms with Crippen LogP contribution in [-0.4, -0.2) is 13.0 Å². The van der Waals surface area contributed by atoms with E-state index in [2.05, 4.69) is 28.2 Å². The molecule has 0 heterocycles. The van der Waals surface area contributed by atoms with Crippen LogP contribution in [0.3, 0.4) is 0 Å². The highest BCUT2D eigenvalue weighted by Crippen LogP contribution is 2.20. The van der Waals surface area contributed by atoms with Crippen LogP contribution in [0.25, 0.3) is 0 Å². The van der Waals surface area contributed by atoms with Crippen LogP contribution in [0.4, 0.5) is 0 Å². The van der Waals surface area contributed by atoms with E-state index in [9.17, 15) is 4.79 Å².